The first-order valence-corrected chi connectivity index (χ1v) is 3.91. The maximum atomic E-state index is 11.3. The first-order chi connectivity index (χ1) is 5.70. The Morgan fingerprint density at radius 1 is 1.50 bits per heavy atom. The molecule has 1 aromatic heterocycles. The number of amides is 1. The summed E-state index contributed by atoms with van der Waals surface area (Å²) < 4.78 is 1.83. The molecule has 12 heavy (non-hydrogen) atoms. The van der Waals surface area contributed by atoms with Crippen LogP contribution in [0.1, 0.15) is 21.7 Å². The highest BCUT2D eigenvalue weighted by Crippen LogP contribution is 2.14. The monoisotopic (exact) mass is 165 g/mol. The van der Waals surface area contributed by atoms with Gasteiger partial charge in [-0.15, -0.1) is 0 Å². The number of fused-ring (bicyclic) bond motifs is 1. The average molecular weight is 165 g/mol. The number of carbonyl (C=O) groups is 1. The van der Waals surface area contributed by atoms with Gasteiger partial charge in [0, 0.05) is 5.69 Å². The molecule has 1 aliphatic heterocycles. The standard InChI is InChI=1S/C8H11N3O/c1-5-3-6(2)11-7(5)8(12)9-4-10-11/h3,10H,4H2,1-2H3,(H,9,12). The summed E-state index contributed by atoms with van der Waals surface area (Å²) in [4.78, 5) is 11.3. The molecule has 0 aliphatic carbocycles. The number of nitrogens with zero attached hydrogens (tertiary/aromatic N) is 1. The number of nitrogens with one attached hydrogen (secondary N) is 2. The van der Waals surface area contributed by atoms with Gasteiger partial charge in [0.05, 0.1) is 0 Å². The van der Waals surface area contributed by atoms with Crippen molar-refractivity contribution in [3.63, 3.8) is 0 Å². The van der Waals surface area contributed by atoms with Crippen molar-refractivity contribution in [3.05, 3.63) is 23.0 Å². The molecule has 4 nitrogen and oxygen atoms in total. The number of rotatable bonds is 0. The van der Waals surface area contributed by atoms with Crippen LogP contribution in [-0.4, -0.2) is 17.3 Å². The topological polar surface area (TPSA) is 46.1 Å². The SMILES string of the molecule is Cc1cc(C)n2c1C(=O)NCN2. The van der Waals surface area contributed by atoms with Crippen molar-refractivity contribution in [2.24, 2.45) is 0 Å². The summed E-state index contributed by atoms with van der Waals surface area (Å²) in [5, 5.41) is 2.72. The largest absolute Gasteiger partial charge is 0.332 e. The second-order valence-corrected chi connectivity index (χ2v) is 2.99. The third-order valence-electron chi connectivity index (χ3n) is 2.08. The van der Waals surface area contributed by atoms with Crippen LogP contribution in [0.4, 0.5) is 0 Å². The number of hydrogen-bond donors (Lipinski definition) is 2. The number of aromatic nitrogens is 1. The van der Waals surface area contributed by atoms with Crippen LogP contribution < -0.4 is 10.7 Å². The van der Waals surface area contributed by atoms with Crippen molar-refractivity contribution >= 4 is 5.91 Å². The smallest absolute Gasteiger partial charge is 0.271 e. The minimum absolute atomic E-state index is 0.000602. The molecule has 1 aromatic rings. The highest BCUT2D eigenvalue weighted by Gasteiger charge is 2.20. The van der Waals surface area contributed by atoms with Gasteiger partial charge in [-0.2, -0.15) is 0 Å². The Labute approximate surface area is 70.5 Å². The predicted molar refractivity (Wildman–Crippen MR) is 45.6 cm³/mol. The lowest BCUT2D eigenvalue weighted by molar-refractivity contribution is 0.0935. The van der Waals surface area contributed by atoms with Crippen LogP contribution in [0, 0.1) is 13.8 Å². The summed E-state index contributed by atoms with van der Waals surface area (Å²) in [7, 11) is 0. The van der Waals surface area contributed by atoms with Crippen LogP contribution in [-0.2, 0) is 0 Å². The summed E-state index contributed by atoms with van der Waals surface area (Å²) >= 11 is 0. The van der Waals surface area contributed by atoms with Crippen molar-refractivity contribution in [3.8, 4) is 0 Å². The van der Waals surface area contributed by atoms with Crippen LogP contribution in [0.5, 0.6) is 0 Å². The summed E-state index contributed by atoms with van der Waals surface area (Å²) in [5.41, 5.74) is 5.87. The second-order valence-electron chi connectivity index (χ2n) is 2.99. The highest BCUT2D eigenvalue weighted by atomic mass is 16.2. The molecule has 4 heteroatoms. The van der Waals surface area contributed by atoms with Crippen LogP contribution >= 0.6 is 0 Å². The fraction of sp³-hybridized carbons (Fsp3) is 0.375. The second kappa shape index (κ2) is 2.27. The molecule has 0 radical (unpaired) electrons. The van der Waals surface area contributed by atoms with Gasteiger partial charge in [0.2, 0.25) is 0 Å². The van der Waals surface area contributed by atoms with Gasteiger partial charge in [-0.05, 0) is 25.5 Å². The summed E-state index contributed by atoms with van der Waals surface area (Å²) in [6, 6.07) is 1.99. The van der Waals surface area contributed by atoms with E-state index in [0.29, 0.717) is 6.67 Å². The van der Waals surface area contributed by atoms with Gasteiger partial charge in [0.25, 0.3) is 5.91 Å². The zero-order chi connectivity index (χ0) is 8.72. The Morgan fingerprint density at radius 3 is 2.92 bits per heavy atom. The minimum Gasteiger partial charge on any atom is -0.332 e. The van der Waals surface area contributed by atoms with Crippen LogP contribution in [0.25, 0.3) is 0 Å². The number of carbonyl (C=O) groups excluding carboxylic acids is 1. The maximum Gasteiger partial charge on any atom is 0.271 e. The van der Waals surface area contributed by atoms with Crippen molar-refractivity contribution in [1.29, 1.82) is 0 Å². The lowest BCUT2D eigenvalue weighted by Gasteiger charge is -2.20. The molecule has 0 saturated carbocycles. The van der Waals surface area contributed by atoms with Gasteiger partial charge >= 0.3 is 0 Å². The van der Waals surface area contributed by atoms with E-state index in [1.165, 1.54) is 0 Å². The van der Waals surface area contributed by atoms with Gasteiger partial charge in [-0.3, -0.25) is 9.47 Å². The van der Waals surface area contributed by atoms with Crippen LogP contribution in [0.2, 0.25) is 0 Å². The van der Waals surface area contributed by atoms with E-state index < -0.39 is 0 Å². The zero-order valence-corrected chi connectivity index (χ0v) is 7.14. The summed E-state index contributed by atoms with van der Waals surface area (Å²) in [6.45, 7) is 4.41. The fourth-order valence-electron chi connectivity index (χ4n) is 1.57. The van der Waals surface area contributed by atoms with Crippen molar-refractivity contribution in [2.45, 2.75) is 13.8 Å². The van der Waals surface area contributed by atoms with E-state index >= 15 is 0 Å². The minimum atomic E-state index is -0.000602. The lowest BCUT2D eigenvalue weighted by Crippen LogP contribution is -2.41. The number of aryl methyl sites for hydroxylation is 2. The predicted octanol–water partition coefficient (Wildman–Crippen LogP) is 0.349. The van der Waals surface area contributed by atoms with Crippen LogP contribution in [0.15, 0.2) is 6.07 Å². The van der Waals surface area contributed by atoms with Crippen LogP contribution in [0.3, 0.4) is 0 Å². The average Bonchev–Trinajstić information content (AvgIpc) is 2.29. The molecular formula is C8H11N3O. The molecule has 1 amide bonds. The maximum absolute atomic E-state index is 11.3. The van der Waals surface area contributed by atoms with Gasteiger partial charge < -0.3 is 10.7 Å². The van der Waals surface area contributed by atoms with Crippen molar-refractivity contribution < 1.29 is 4.79 Å². The van der Waals surface area contributed by atoms with Gasteiger partial charge in [0.15, 0.2) is 0 Å². The van der Waals surface area contributed by atoms with E-state index in [4.69, 9.17) is 0 Å². The molecular weight excluding hydrogens is 154 g/mol. The first kappa shape index (κ1) is 7.21. The summed E-state index contributed by atoms with van der Waals surface area (Å²) in [6.07, 6.45) is 0. The normalized spacial score (nSPS) is 15.0. The molecule has 64 valence electrons. The van der Waals surface area contributed by atoms with E-state index in [9.17, 15) is 4.79 Å². The Balaban J connectivity index is 2.62. The van der Waals surface area contributed by atoms with Gasteiger partial charge in [0.1, 0.15) is 12.4 Å². The van der Waals surface area contributed by atoms with E-state index in [2.05, 4.69) is 10.7 Å². The highest BCUT2D eigenvalue weighted by molar-refractivity contribution is 5.95. The molecule has 0 bridgehead atoms. The van der Waals surface area contributed by atoms with Crippen molar-refractivity contribution in [1.82, 2.24) is 9.99 Å². The lowest BCUT2D eigenvalue weighted by atomic mass is 10.2. The summed E-state index contributed by atoms with van der Waals surface area (Å²) in [5.74, 6) is -0.000602. The van der Waals surface area contributed by atoms with E-state index in [-0.39, 0.29) is 5.91 Å². The molecule has 0 fully saturated rings. The molecule has 0 aromatic carbocycles. The van der Waals surface area contributed by atoms with E-state index in [1.807, 2.05) is 24.6 Å². The molecule has 2 heterocycles. The Morgan fingerprint density at radius 2 is 2.25 bits per heavy atom. The molecule has 0 spiro atoms. The van der Waals surface area contributed by atoms with Gasteiger partial charge in [-0.25, -0.2) is 0 Å². The Hall–Kier alpha value is -1.45. The first-order valence-electron chi connectivity index (χ1n) is 3.91. The quantitative estimate of drug-likeness (QED) is 0.582. The fourth-order valence-corrected chi connectivity index (χ4v) is 1.57. The third kappa shape index (κ3) is 0.809. The molecule has 0 unspecified atom stereocenters. The molecule has 2 rings (SSSR count). The van der Waals surface area contributed by atoms with Gasteiger partial charge in [-0.1, -0.05) is 0 Å². The molecule has 1 aliphatic rings. The molecule has 0 saturated heterocycles. The Bertz CT molecular complexity index is 340. The zero-order valence-electron chi connectivity index (χ0n) is 7.14. The Kier molecular flexibility index (Phi) is 1.36. The third-order valence-corrected chi connectivity index (χ3v) is 2.08. The van der Waals surface area contributed by atoms with E-state index in [1.54, 1.807) is 0 Å². The van der Waals surface area contributed by atoms with Crippen molar-refractivity contribution in [2.75, 3.05) is 12.1 Å². The molecule has 0 atom stereocenters. The number of hydrogen-bond acceptors (Lipinski definition) is 2. The van der Waals surface area contributed by atoms with E-state index in [0.717, 1.165) is 17.0 Å². The molecule has 2 N–H and O–H groups in total.